The zero-order valence-electron chi connectivity index (χ0n) is 19.9. The minimum absolute atomic E-state index is 0.0666. The number of likely N-dealkylation sites (N-methyl/N-ethyl adjacent to an activating group) is 1. The summed E-state index contributed by atoms with van der Waals surface area (Å²) in [5.74, 6) is 0.648. The maximum atomic E-state index is 13.2. The molecule has 178 valence electrons. The second-order valence-corrected chi connectivity index (χ2v) is 8.42. The summed E-state index contributed by atoms with van der Waals surface area (Å²) in [5, 5.41) is 6.33. The van der Waals surface area contributed by atoms with E-state index in [1.165, 1.54) is 7.11 Å². The lowest BCUT2D eigenvalue weighted by Gasteiger charge is -2.30. The first-order valence-electron chi connectivity index (χ1n) is 11.1. The van der Waals surface area contributed by atoms with Crippen molar-refractivity contribution in [1.82, 2.24) is 10.2 Å². The highest BCUT2D eigenvalue weighted by molar-refractivity contribution is 6.06. The summed E-state index contributed by atoms with van der Waals surface area (Å²) in [7, 11) is 4.94. The molecule has 2 amide bonds. The Labute approximate surface area is 195 Å². The van der Waals surface area contributed by atoms with E-state index in [-0.39, 0.29) is 29.9 Å². The maximum absolute atomic E-state index is 13.2. The number of methoxy groups -OCH3 is 2. The van der Waals surface area contributed by atoms with Gasteiger partial charge in [-0.1, -0.05) is 19.1 Å². The number of amides is 2. The van der Waals surface area contributed by atoms with E-state index in [0.717, 1.165) is 6.54 Å². The average Bonchev–Trinajstić information content (AvgIpc) is 2.83. The van der Waals surface area contributed by atoms with Crippen molar-refractivity contribution >= 4 is 17.5 Å². The molecule has 8 heteroatoms. The van der Waals surface area contributed by atoms with Crippen molar-refractivity contribution in [3.63, 3.8) is 0 Å². The summed E-state index contributed by atoms with van der Waals surface area (Å²) in [6.07, 6.45) is -0.0955. The van der Waals surface area contributed by atoms with E-state index in [9.17, 15) is 9.59 Å². The first kappa shape index (κ1) is 24.5. The zero-order chi connectivity index (χ0) is 24.0. The molecule has 1 heterocycles. The smallest absolute Gasteiger partial charge is 0.259 e. The van der Waals surface area contributed by atoms with Gasteiger partial charge in [-0.05, 0) is 37.1 Å². The summed E-state index contributed by atoms with van der Waals surface area (Å²) in [6.45, 7) is 5.70. The van der Waals surface area contributed by atoms with Gasteiger partial charge in [-0.15, -0.1) is 0 Å². The number of anilines is 1. The Morgan fingerprint density at radius 3 is 2.67 bits per heavy atom. The molecule has 0 fully saturated rings. The largest absolute Gasteiger partial charge is 0.496 e. The third kappa shape index (κ3) is 6.03. The molecule has 1 aliphatic heterocycles. The lowest BCUT2D eigenvalue weighted by atomic mass is 10.0. The minimum Gasteiger partial charge on any atom is -0.496 e. The molecule has 0 unspecified atom stereocenters. The van der Waals surface area contributed by atoms with Crippen molar-refractivity contribution in [2.45, 2.75) is 26.0 Å². The molecule has 1 aliphatic rings. The van der Waals surface area contributed by atoms with Crippen LogP contribution in [0.1, 0.15) is 34.6 Å². The number of nitrogens with one attached hydrogen (secondary N) is 2. The van der Waals surface area contributed by atoms with Crippen molar-refractivity contribution in [3.05, 3.63) is 53.6 Å². The fourth-order valence-corrected chi connectivity index (χ4v) is 3.76. The van der Waals surface area contributed by atoms with Crippen molar-refractivity contribution in [2.75, 3.05) is 46.3 Å². The van der Waals surface area contributed by atoms with E-state index in [2.05, 4.69) is 17.6 Å². The van der Waals surface area contributed by atoms with Crippen molar-refractivity contribution in [3.8, 4) is 11.5 Å². The van der Waals surface area contributed by atoms with Crippen LogP contribution in [0.2, 0.25) is 0 Å². The van der Waals surface area contributed by atoms with Crippen molar-refractivity contribution in [2.24, 2.45) is 5.92 Å². The van der Waals surface area contributed by atoms with Crippen LogP contribution < -0.4 is 20.1 Å². The summed E-state index contributed by atoms with van der Waals surface area (Å²) >= 11 is 0. The van der Waals surface area contributed by atoms with Crippen LogP contribution in [0.3, 0.4) is 0 Å². The van der Waals surface area contributed by atoms with Crippen LogP contribution in [0.5, 0.6) is 11.5 Å². The molecule has 8 nitrogen and oxygen atoms in total. The summed E-state index contributed by atoms with van der Waals surface area (Å²) in [5.41, 5.74) is 1.38. The fraction of sp³-hybridized carbons (Fsp3) is 0.440. The topological polar surface area (TPSA) is 89.1 Å². The zero-order valence-corrected chi connectivity index (χ0v) is 19.9. The van der Waals surface area contributed by atoms with Crippen molar-refractivity contribution in [1.29, 1.82) is 0 Å². The standard InChI is InChI=1S/C25H33N3O5/c1-16-13-26-17(2)15-33-22-12-18(27-24(29)19-8-6-7-9-21(19)31-4)10-11-20(22)25(30)28(3)14-23(16)32-5/h6-12,16-17,23,26H,13-15H2,1-5H3,(H,27,29)/t16-,17+,23-/m0/s1. The van der Waals surface area contributed by atoms with Crippen LogP contribution in [0.4, 0.5) is 5.69 Å². The Morgan fingerprint density at radius 1 is 1.18 bits per heavy atom. The molecule has 0 bridgehead atoms. The molecule has 0 saturated carbocycles. The maximum Gasteiger partial charge on any atom is 0.259 e. The van der Waals surface area contributed by atoms with Crippen LogP contribution in [0.15, 0.2) is 42.5 Å². The van der Waals surface area contributed by atoms with Gasteiger partial charge < -0.3 is 29.7 Å². The summed E-state index contributed by atoms with van der Waals surface area (Å²) < 4.78 is 17.0. The van der Waals surface area contributed by atoms with E-state index in [4.69, 9.17) is 14.2 Å². The molecule has 0 aromatic heterocycles. The number of nitrogens with zero attached hydrogens (tertiary/aromatic N) is 1. The van der Waals surface area contributed by atoms with Crippen LogP contribution in [0.25, 0.3) is 0 Å². The van der Waals surface area contributed by atoms with E-state index in [0.29, 0.717) is 41.5 Å². The molecular weight excluding hydrogens is 422 g/mol. The molecule has 0 aliphatic carbocycles. The average molecular weight is 456 g/mol. The predicted molar refractivity (Wildman–Crippen MR) is 127 cm³/mol. The highest BCUT2D eigenvalue weighted by Gasteiger charge is 2.25. The number of ether oxygens (including phenoxy) is 3. The Balaban J connectivity index is 1.88. The van der Waals surface area contributed by atoms with Crippen LogP contribution in [-0.2, 0) is 4.74 Å². The number of rotatable bonds is 4. The Morgan fingerprint density at radius 2 is 1.94 bits per heavy atom. The molecule has 33 heavy (non-hydrogen) atoms. The normalized spacial score (nSPS) is 21.8. The number of hydrogen-bond acceptors (Lipinski definition) is 6. The molecule has 0 radical (unpaired) electrons. The van der Waals surface area contributed by atoms with Crippen LogP contribution in [-0.4, -0.2) is 69.8 Å². The third-order valence-electron chi connectivity index (χ3n) is 5.84. The first-order valence-corrected chi connectivity index (χ1v) is 11.1. The Kier molecular flexibility index (Phi) is 8.30. The number of hydrogen-bond donors (Lipinski definition) is 2. The van der Waals surface area contributed by atoms with E-state index in [1.54, 1.807) is 61.5 Å². The lowest BCUT2D eigenvalue weighted by Crippen LogP contribution is -2.44. The van der Waals surface area contributed by atoms with Gasteiger partial charge in [0.2, 0.25) is 0 Å². The fourth-order valence-electron chi connectivity index (χ4n) is 3.76. The molecular formula is C25H33N3O5. The van der Waals surface area contributed by atoms with Gasteiger partial charge in [0, 0.05) is 45.0 Å². The SMILES string of the molecule is COc1ccccc1C(=O)Nc1ccc2c(c1)OC[C@@H](C)NC[C@H](C)[C@@H](OC)CN(C)C2=O. The lowest BCUT2D eigenvalue weighted by molar-refractivity contribution is 0.0281. The van der Waals surface area contributed by atoms with Gasteiger partial charge in [-0.2, -0.15) is 0 Å². The first-order chi connectivity index (χ1) is 15.8. The summed E-state index contributed by atoms with van der Waals surface area (Å²) in [4.78, 5) is 27.7. The predicted octanol–water partition coefficient (Wildman–Crippen LogP) is 3.04. The van der Waals surface area contributed by atoms with Crippen LogP contribution in [0, 0.1) is 5.92 Å². The molecule has 3 atom stereocenters. The number of para-hydroxylation sites is 1. The van der Waals surface area contributed by atoms with Crippen molar-refractivity contribution < 1.29 is 23.8 Å². The van der Waals surface area contributed by atoms with E-state index < -0.39 is 0 Å². The number of fused-ring (bicyclic) bond motifs is 1. The molecule has 0 saturated heterocycles. The van der Waals surface area contributed by atoms with Gasteiger partial charge in [-0.25, -0.2) is 0 Å². The monoisotopic (exact) mass is 455 g/mol. The van der Waals surface area contributed by atoms with Gasteiger partial charge in [0.05, 0.1) is 24.3 Å². The Bertz CT molecular complexity index is 980. The second kappa shape index (κ2) is 11.2. The highest BCUT2D eigenvalue weighted by atomic mass is 16.5. The number of benzene rings is 2. The molecule has 2 N–H and O–H groups in total. The molecule has 2 aromatic rings. The van der Waals surface area contributed by atoms with Gasteiger partial charge in [0.15, 0.2) is 0 Å². The van der Waals surface area contributed by atoms with E-state index in [1.807, 2.05) is 6.92 Å². The molecule has 3 rings (SSSR count). The summed E-state index contributed by atoms with van der Waals surface area (Å²) in [6, 6.07) is 12.1. The van der Waals surface area contributed by atoms with E-state index >= 15 is 0 Å². The third-order valence-corrected chi connectivity index (χ3v) is 5.84. The molecule has 0 spiro atoms. The second-order valence-electron chi connectivity index (χ2n) is 8.42. The highest BCUT2D eigenvalue weighted by Crippen LogP contribution is 2.27. The van der Waals surface area contributed by atoms with Gasteiger partial charge in [0.1, 0.15) is 18.1 Å². The van der Waals surface area contributed by atoms with Gasteiger partial charge in [-0.3, -0.25) is 9.59 Å². The quantitative estimate of drug-likeness (QED) is 0.737. The minimum atomic E-state index is -0.309. The number of carbonyl (C=O) groups is 2. The molecule has 2 aromatic carbocycles. The van der Waals surface area contributed by atoms with Gasteiger partial charge >= 0.3 is 0 Å². The van der Waals surface area contributed by atoms with Gasteiger partial charge in [0.25, 0.3) is 11.8 Å². The Hall–Kier alpha value is -3.10. The van der Waals surface area contributed by atoms with Crippen LogP contribution >= 0.6 is 0 Å². The number of carbonyl (C=O) groups excluding carboxylic acids is 2.